The van der Waals surface area contributed by atoms with Gasteiger partial charge in [0.05, 0.1) is 13.5 Å². The predicted molar refractivity (Wildman–Crippen MR) is 122 cm³/mol. The molecule has 3 aromatic rings. The number of nitrogens with zero attached hydrogens (tertiary/aromatic N) is 1. The van der Waals surface area contributed by atoms with Crippen molar-refractivity contribution in [1.29, 1.82) is 0 Å². The summed E-state index contributed by atoms with van der Waals surface area (Å²) in [6.07, 6.45) is 0.143. The largest absolute Gasteiger partial charge is 0.496 e. The van der Waals surface area contributed by atoms with E-state index >= 15 is 0 Å². The van der Waals surface area contributed by atoms with Gasteiger partial charge in [0, 0.05) is 29.9 Å². The molecule has 9 heteroatoms. The van der Waals surface area contributed by atoms with E-state index in [4.69, 9.17) is 16.3 Å². The van der Waals surface area contributed by atoms with Crippen molar-refractivity contribution in [2.75, 3.05) is 18.9 Å². The zero-order chi connectivity index (χ0) is 23.3. The first-order chi connectivity index (χ1) is 15.2. The number of hydrogen-bond acceptors (Lipinski definition) is 4. The third-order valence-corrected chi connectivity index (χ3v) is 6.42. The lowest BCUT2D eigenvalue weighted by Crippen LogP contribution is -2.27. The first-order valence-electron chi connectivity index (χ1n) is 9.62. The molecular weight excluding hydrogens is 455 g/mol. The maximum Gasteiger partial charge on any atom is 0.264 e. The number of para-hydroxylation sites is 1. The van der Waals surface area contributed by atoms with E-state index in [-0.39, 0.29) is 23.0 Å². The smallest absolute Gasteiger partial charge is 0.264 e. The van der Waals surface area contributed by atoms with Gasteiger partial charge in [-0.05, 0) is 42.0 Å². The molecule has 0 radical (unpaired) electrons. The number of sulfonamides is 1. The number of amides is 1. The molecule has 1 amide bonds. The lowest BCUT2D eigenvalue weighted by atomic mass is 10.1. The summed E-state index contributed by atoms with van der Waals surface area (Å²) in [5, 5.41) is 0.103. The van der Waals surface area contributed by atoms with Gasteiger partial charge in [0.25, 0.3) is 10.0 Å². The minimum atomic E-state index is -4.12. The van der Waals surface area contributed by atoms with Crippen molar-refractivity contribution in [3.8, 4) is 5.75 Å². The van der Waals surface area contributed by atoms with Gasteiger partial charge in [0.2, 0.25) is 5.91 Å². The topological polar surface area (TPSA) is 75.7 Å². The Morgan fingerprint density at radius 2 is 1.78 bits per heavy atom. The van der Waals surface area contributed by atoms with Gasteiger partial charge in [-0.3, -0.25) is 9.52 Å². The van der Waals surface area contributed by atoms with Crippen LogP contribution in [0.1, 0.15) is 11.1 Å². The van der Waals surface area contributed by atoms with E-state index in [0.717, 1.165) is 17.7 Å². The molecule has 0 aliphatic carbocycles. The average Bonchev–Trinajstić information content (AvgIpc) is 2.75. The minimum Gasteiger partial charge on any atom is -0.496 e. The van der Waals surface area contributed by atoms with E-state index in [1.54, 1.807) is 31.2 Å². The molecule has 0 unspecified atom stereocenters. The van der Waals surface area contributed by atoms with Crippen LogP contribution in [-0.2, 0) is 27.8 Å². The molecule has 0 atom stereocenters. The lowest BCUT2D eigenvalue weighted by molar-refractivity contribution is -0.129. The average molecular weight is 477 g/mol. The van der Waals surface area contributed by atoms with Crippen molar-refractivity contribution in [2.24, 2.45) is 0 Å². The van der Waals surface area contributed by atoms with Gasteiger partial charge in [0.1, 0.15) is 16.5 Å². The van der Waals surface area contributed by atoms with Crippen molar-refractivity contribution >= 4 is 33.2 Å². The van der Waals surface area contributed by atoms with Gasteiger partial charge in [-0.15, -0.1) is 0 Å². The number of carbonyl (C=O) groups is 1. The fourth-order valence-electron chi connectivity index (χ4n) is 3.08. The van der Waals surface area contributed by atoms with Crippen LogP contribution in [0.15, 0.2) is 71.6 Å². The van der Waals surface area contributed by atoms with Crippen LogP contribution in [-0.4, -0.2) is 33.4 Å². The van der Waals surface area contributed by atoms with Crippen molar-refractivity contribution in [3.63, 3.8) is 0 Å². The molecule has 0 heterocycles. The predicted octanol–water partition coefficient (Wildman–Crippen LogP) is 4.49. The number of carbonyl (C=O) groups excluding carboxylic acids is 1. The van der Waals surface area contributed by atoms with Crippen molar-refractivity contribution in [3.05, 3.63) is 88.7 Å². The number of benzene rings is 3. The summed E-state index contributed by atoms with van der Waals surface area (Å²) in [6, 6.07) is 17.1. The third-order valence-electron chi connectivity index (χ3n) is 4.77. The number of hydrogen-bond donors (Lipinski definition) is 1. The summed E-state index contributed by atoms with van der Waals surface area (Å²) in [6.45, 7) is 0.396. The molecule has 0 bridgehead atoms. The van der Waals surface area contributed by atoms with E-state index < -0.39 is 20.7 Å². The number of rotatable bonds is 8. The van der Waals surface area contributed by atoms with Gasteiger partial charge >= 0.3 is 0 Å². The van der Waals surface area contributed by atoms with Crippen LogP contribution in [0.25, 0.3) is 0 Å². The van der Waals surface area contributed by atoms with Crippen molar-refractivity contribution in [1.82, 2.24) is 4.90 Å². The summed E-state index contributed by atoms with van der Waals surface area (Å²) in [4.78, 5) is 13.7. The van der Waals surface area contributed by atoms with E-state index in [2.05, 4.69) is 4.72 Å². The normalized spacial score (nSPS) is 11.1. The second-order valence-electron chi connectivity index (χ2n) is 7.12. The number of likely N-dealkylation sites (N-methyl/N-ethyl adjacent to an activating group) is 1. The summed E-state index contributed by atoms with van der Waals surface area (Å²) in [5.41, 5.74) is 1.85. The highest BCUT2D eigenvalue weighted by molar-refractivity contribution is 7.92. The Labute approximate surface area is 191 Å². The maximum absolute atomic E-state index is 14.0. The Hall–Kier alpha value is -3.10. The molecule has 32 heavy (non-hydrogen) atoms. The Morgan fingerprint density at radius 3 is 2.44 bits per heavy atom. The number of methoxy groups -OCH3 is 1. The van der Waals surface area contributed by atoms with Gasteiger partial charge < -0.3 is 9.64 Å². The summed E-state index contributed by atoms with van der Waals surface area (Å²) >= 11 is 5.68. The highest BCUT2D eigenvalue weighted by atomic mass is 35.5. The quantitative estimate of drug-likeness (QED) is 0.519. The molecule has 0 spiro atoms. The summed E-state index contributed by atoms with van der Waals surface area (Å²) in [7, 11) is -0.835. The molecule has 0 aliphatic rings. The zero-order valence-corrected chi connectivity index (χ0v) is 19.1. The van der Waals surface area contributed by atoms with Crippen molar-refractivity contribution < 1.29 is 22.3 Å². The Kier molecular flexibility index (Phi) is 7.37. The van der Waals surface area contributed by atoms with Crippen LogP contribution in [0.5, 0.6) is 5.75 Å². The highest BCUT2D eigenvalue weighted by Crippen LogP contribution is 2.23. The van der Waals surface area contributed by atoms with Gasteiger partial charge in [0.15, 0.2) is 0 Å². The van der Waals surface area contributed by atoms with Crippen LogP contribution in [0.2, 0.25) is 5.02 Å². The molecule has 0 aliphatic heterocycles. The lowest BCUT2D eigenvalue weighted by Gasteiger charge is -2.19. The highest BCUT2D eigenvalue weighted by Gasteiger charge is 2.19. The maximum atomic E-state index is 14.0. The number of anilines is 1. The molecule has 6 nitrogen and oxygen atoms in total. The second kappa shape index (κ2) is 10.0. The fourth-order valence-corrected chi connectivity index (χ4v) is 4.36. The molecule has 3 aromatic carbocycles. The van der Waals surface area contributed by atoms with Crippen molar-refractivity contribution in [2.45, 2.75) is 17.9 Å². The van der Waals surface area contributed by atoms with Gasteiger partial charge in [-0.2, -0.15) is 0 Å². The molecule has 3 rings (SSSR count). The van der Waals surface area contributed by atoms with Crippen LogP contribution in [0.3, 0.4) is 0 Å². The second-order valence-corrected chi connectivity index (χ2v) is 9.20. The third kappa shape index (κ3) is 5.77. The minimum absolute atomic E-state index is 0.103. The van der Waals surface area contributed by atoms with E-state index in [1.165, 1.54) is 18.2 Å². The van der Waals surface area contributed by atoms with E-state index in [9.17, 15) is 17.6 Å². The molecular formula is C23H22ClFN2O4S. The molecule has 0 aromatic heterocycles. The molecule has 0 saturated heterocycles. The molecule has 0 fully saturated rings. The Morgan fingerprint density at radius 1 is 1.09 bits per heavy atom. The molecule has 168 valence electrons. The summed E-state index contributed by atoms with van der Waals surface area (Å²) < 4.78 is 46.5. The van der Waals surface area contributed by atoms with E-state index in [1.807, 2.05) is 24.3 Å². The van der Waals surface area contributed by atoms with Gasteiger partial charge in [-0.1, -0.05) is 41.9 Å². The first kappa shape index (κ1) is 23.6. The SMILES string of the molecule is COc1ccccc1CN(C)C(=O)Cc1ccc(NS(=O)(=O)c2ccc(Cl)cc2F)cc1. The van der Waals surface area contributed by atoms with E-state index in [0.29, 0.717) is 17.9 Å². The standard InChI is InChI=1S/C23H22ClFN2O4S/c1-27(15-17-5-3-4-6-21(17)31-2)23(28)13-16-7-10-19(11-8-16)26-32(29,30)22-12-9-18(24)14-20(22)25/h3-12,14,26H,13,15H2,1-2H3. The molecule has 1 N–H and O–H groups in total. The van der Waals surface area contributed by atoms with Crippen LogP contribution < -0.4 is 9.46 Å². The van der Waals surface area contributed by atoms with Crippen LogP contribution >= 0.6 is 11.6 Å². The number of halogens is 2. The summed E-state index contributed by atoms with van der Waals surface area (Å²) in [5.74, 6) is -0.335. The van der Waals surface area contributed by atoms with Crippen LogP contribution in [0, 0.1) is 5.82 Å². The zero-order valence-electron chi connectivity index (χ0n) is 17.5. The number of nitrogens with one attached hydrogen (secondary N) is 1. The van der Waals surface area contributed by atoms with Crippen LogP contribution in [0.4, 0.5) is 10.1 Å². The fraction of sp³-hybridized carbons (Fsp3) is 0.174. The first-order valence-corrected chi connectivity index (χ1v) is 11.5. The molecule has 0 saturated carbocycles. The Bertz CT molecular complexity index is 1220. The number of ether oxygens (including phenoxy) is 1. The monoisotopic (exact) mass is 476 g/mol. The Balaban J connectivity index is 1.64. The van der Waals surface area contributed by atoms with Gasteiger partial charge in [-0.25, -0.2) is 12.8 Å².